The summed E-state index contributed by atoms with van der Waals surface area (Å²) < 4.78 is 0. The molecule has 99 valence electrons. The molecule has 9 nitrogen and oxygen atoms in total. The zero-order chi connectivity index (χ0) is 11.6. The normalized spacial score (nSPS) is 19.4. The molecule has 0 spiro atoms. The van der Waals surface area contributed by atoms with Gasteiger partial charge in [0.05, 0.1) is 0 Å². The predicted molar refractivity (Wildman–Crippen MR) is 44.7 cm³/mol. The number of rotatable bonds is 1. The Bertz CT molecular complexity index is 150. The first kappa shape index (κ1) is 37.4. The number of carboxylic acid groups (broad SMARTS) is 1. The number of aliphatic carboxylic acids is 1. The number of hydrogen-bond acceptors (Lipinski definition) is 8. The number of carboxylic acids is 1. The van der Waals surface area contributed by atoms with Crippen LogP contribution in [0.3, 0.4) is 0 Å². The van der Waals surface area contributed by atoms with Crippen molar-refractivity contribution in [1.82, 2.24) is 0 Å². The van der Waals surface area contributed by atoms with Gasteiger partial charge in [0.2, 0.25) is 0 Å². The van der Waals surface area contributed by atoms with Gasteiger partial charge in [-0.05, 0) is 6.42 Å². The molecule has 1 radical (unpaired) electrons. The van der Waals surface area contributed by atoms with E-state index in [1.807, 2.05) is 0 Å². The Balaban J connectivity index is -0.0000000412. The zero-order valence-electron chi connectivity index (χ0n) is 10.2. The molecule has 0 amide bonds. The molecule has 0 aliphatic carbocycles. The van der Waals surface area contributed by atoms with E-state index in [1.165, 1.54) is 0 Å². The summed E-state index contributed by atoms with van der Waals surface area (Å²) in [5.74, 6) is -1.13. The molecule has 2 atom stereocenters. The van der Waals surface area contributed by atoms with Gasteiger partial charge in [0, 0.05) is 30.6 Å². The third-order valence-corrected chi connectivity index (χ3v) is 1.58. The number of aliphatic hydroxyl groups is 1. The summed E-state index contributed by atoms with van der Waals surface area (Å²) in [5.41, 5.74) is 0. The van der Waals surface area contributed by atoms with E-state index in [1.54, 1.807) is 0 Å². The van der Waals surface area contributed by atoms with Crippen molar-refractivity contribution in [3.8, 4) is 0 Å². The Morgan fingerprint density at radius 1 is 1.11 bits per heavy atom. The van der Waals surface area contributed by atoms with Gasteiger partial charge >= 0.3 is 103 Å². The van der Waals surface area contributed by atoms with Crippen LogP contribution in [0.15, 0.2) is 0 Å². The van der Waals surface area contributed by atoms with Crippen LogP contribution >= 0.6 is 0 Å². The number of piperidine rings is 1. The van der Waals surface area contributed by atoms with E-state index in [0.717, 1.165) is 0 Å². The largest absolute Gasteiger partial charge is 1.00 e. The van der Waals surface area contributed by atoms with E-state index in [4.69, 9.17) is 26.1 Å². The Labute approximate surface area is 201 Å². The smallest absolute Gasteiger partial charge is 0.870 e. The summed E-state index contributed by atoms with van der Waals surface area (Å²) in [6, 6.07) is -0.691. The Kier molecular flexibility index (Phi) is 58.6. The maximum Gasteiger partial charge on any atom is 1.00 e. The fourth-order valence-electron chi connectivity index (χ4n) is 0.974. The van der Waals surface area contributed by atoms with Gasteiger partial charge in [0.15, 0.2) is 0 Å². The quantitative estimate of drug-likeness (QED) is 0.174. The van der Waals surface area contributed by atoms with Crippen molar-refractivity contribution in [2.24, 2.45) is 0 Å². The maximum absolute atomic E-state index is 10.2. The van der Waals surface area contributed by atoms with Gasteiger partial charge in [-0.25, -0.2) is 0 Å². The summed E-state index contributed by atoms with van der Waals surface area (Å²) in [4.78, 5) is 10.2. The van der Waals surface area contributed by atoms with Crippen LogP contribution in [0.5, 0.6) is 0 Å². The van der Waals surface area contributed by atoms with Crippen molar-refractivity contribution in [3.63, 3.8) is 0 Å². The molecular weight excluding hydrogens is 343 g/mol. The number of carbonyl (C=O) groups excluding carboxylic acids is 1. The standard InChI is InChI=1S/C6H10NO3.2K.2H2O2.H2O.V/c8-4-1-2-5(6(9)10)7-3-4;;;2*1-2;;/h4-5,8H,1-3H2,(H,9,10);;;2*1-2H;1H2;/q-1;2*+1;;;;/p-2. The van der Waals surface area contributed by atoms with Crippen molar-refractivity contribution >= 4 is 5.97 Å². The SMILES string of the molecule is O=C([O-])C1CCC(O)C[N-]1.OO.OO.[K+].[K+].[OH-].[V]. The molecule has 18 heavy (non-hydrogen) atoms. The number of carbonyl (C=O) groups is 1. The molecule has 1 rings (SSSR count). The fraction of sp³-hybridized carbons (Fsp3) is 0.833. The van der Waals surface area contributed by atoms with E-state index in [0.29, 0.717) is 12.8 Å². The molecule has 1 saturated heterocycles. The molecule has 1 aliphatic rings. The van der Waals surface area contributed by atoms with E-state index in [2.05, 4.69) is 5.32 Å². The number of aliphatic hydroxyl groups excluding tert-OH is 1. The van der Waals surface area contributed by atoms with Gasteiger partial charge in [-0.2, -0.15) is 0 Å². The Morgan fingerprint density at radius 3 is 1.72 bits per heavy atom. The molecule has 12 heteroatoms. The number of nitrogens with zero attached hydrogens (tertiary/aromatic N) is 1. The third kappa shape index (κ3) is 21.3. The predicted octanol–water partition coefficient (Wildman–Crippen LogP) is -7.50. The van der Waals surface area contributed by atoms with Crippen molar-refractivity contribution in [3.05, 3.63) is 5.32 Å². The fourth-order valence-corrected chi connectivity index (χ4v) is 0.974. The molecule has 6 N–H and O–H groups in total. The Morgan fingerprint density at radius 2 is 1.50 bits per heavy atom. The van der Waals surface area contributed by atoms with Crippen LogP contribution in [-0.2, 0) is 23.4 Å². The van der Waals surface area contributed by atoms with E-state index in [-0.39, 0.29) is 133 Å². The maximum atomic E-state index is 10.2. The van der Waals surface area contributed by atoms with Crippen LogP contribution < -0.4 is 108 Å². The summed E-state index contributed by atoms with van der Waals surface area (Å²) in [6.07, 6.45) is 0.474. The summed E-state index contributed by atoms with van der Waals surface area (Å²) in [6.45, 7) is 0.235. The molecule has 1 aliphatic heterocycles. The van der Waals surface area contributed by atoms with Crippen molar-refractivity contribution < 1.29 is 163 Å². The van der Waals surface area contributed by atoms with Gasteiger partial charge in [-0.15, -0.1) is 6.54 Å². The minimum Gasteiger partial charge on any atom is -0.870 e. The summed E-state index contributed by atoms with van der Waals surface area (Å²) in [5, 5.41) is 46.8. The van der Waals surface area contributed by atoms with Crippen molar-refractivity contribution in [2.45, 2.75) is 25.0 Å². The molecule has 0 saturated carbocycles. The van der Waals surface area contributed by atoms with E-state index >= 15 is 0 Å². The monoisotopic (exact) mass is 357 g/mol. The second-order valence-corrected chi connectivity index (χ2v) is 2.43. The van der Waals surface area contributed by atoms with Crippen LogP contribution in [0.25, 0.3) is 5.32 Å². The van der Waals surface area contributed by atoms with Crippen LogP contribution in [-0.4, -0.2) is 56.3 Å². The molecule has 0 aromatic rings. The first-order chi connectivity index (χ1) is 6.70. The van der Waals surface area contributed by atoms with Crippen LogP contribution in [0.2, 0.25) is 0 Å². The van der Waals surface area contributed by atoms with Crippen LogP contribution in [0.4, 0.5) is 0 Å². The molecule has 1 fully saturated rings. The zero-order valence-corrected chi connectivity index (χ0v) is 17.8. The minimum absolute atomic E-state index is 0. The molecular formula is C6H14K2NO8V-. The molecule has 0 aromatic carbocycles. The van der Waals surface area contributed by atoms with Crippen LogP contribution in [0.1, 0.15) is 12.8 Å². The Hall–Kier alpha value is 3.05. The van der Waals surface area contributed by atoms with E-state index in [9.17, 15) is 9.90 Å². The van der Waals surface area contributed by atoms with E-state index < -0.39 is 18.1 Å². The molecule has 1 heterocycles. The molecule has 0 bridgehead atoms. The molecule has 2 unspecified atom stereocenters. The van der Waals surface area contributed by atoms with Crippen molar-refractivity contribution in [1.29, 1.82) is 0 Å². The summed E-state index contributed by atoms with van der Waals surface area (Å²) >= 11 is 0. The average molecular weight is 357 g/mol. The molecule has 0 aromatic heterocycles. The van der Waals surface area contributed by atoms with Gasteiger partial charge in [-0.3, -0.25) is 21.0 Å². The average Bonchev–Trinajstić information content (AvgIpc) is 2.24. The topological polar surface area (TPSA) is 185 Å². The third-order valence-electron chi connectivity index (χ3n) is 1.58. The van der Waals surface area contributed by atoms with Gasteiger partial charge in [0.1, 0.15) is 0 Å². The minimum atomic E-state index is -1.13. The van der Waals surface area contributed by atoms with Gasteiger partial charge in [-0.1, -0.05) is 12.5 Å². The van der Waals surface area contributed by atoms with Crippen molar-refractivity contribution in [2.75, 3.05) is 6.54 Å². The number of hydrogen-bond donors (Lipinski definition) is 5. The second kappa shape index (κ2) is 28.2. The first-order valence-corrected chi connectivity index (χ1v) is 3.65. The van der Waals surface area contributed by atoms with Gasteiger partial charge in [0.25, 0.3) is 0 Å². The second-order valence-electron chi connectivity index (χ2n) is 2.43. The first-order valence-electron chi connectivity index (χ1n) is 3.65. The summed E-state index contributed by atoms with van der Waals surface area (Å²) in [7, 11) is 0. The van der Waals surface area contributed by atoms with Crippen LogP contribution in [0, 0.1) is 0 Å². The van der Waals surface area contributed by atoms with Gasteiger partial charge < -0.3 is 25.8 Å².